The van der Waals surface area contributed by atoms with Crippen LogP contribution in [0.3, 0.4) is 0 Å². The molecular formula is C23H32N2O. The zero-order chi connectivity index (χ0) is 18.6. The van der Waals surface area contributed by atoms with E-state index in [0.717, 1.165) is 49.0 Å². The second-order valence-corrected chi connectivity index (χ2v) is 6.84. The van der Waals surface area contributed by atoms with Crippen LogP contribution in [-0.2, 0) is 11.2 Å². The molecular weight excluding hydrogens is 320 g/mol. The zero-order valence-corrected chi connectivity index (χ0v) is 16.3. The van der Waals surface area contributed by atoms with Gasteiger partial charge in [-0.25, -0.2) is 9.97 Å². The lowest BCUT2D eigenvalue weighted by Gasteiger charge is -2.11. The predicted octanol–water partition coefficient (Wildman–Crippen LogP) is 6.14. The smallest absolute Gasteiger partial charge is 0.152 e. The lowest BCUT2D eigenvalue weighted by atomic mass is 10.1. The van der Waals surface area contributed by atoms with Crippen molar-refractivity contribution in [1.29, 1.82) is 0 Å². The Morgan fingerprint density at radius 1 is 1.23 bits per heavy atom. The van der Waals surface area contributed by atoms with Crippen molar-refractivity contribution < 1.29 is 4.74 Å². The standard InChI is InChI=1S/C23H32N2O/c1-4-6-10-16-26-19(3)12-8-7-9-13-23-24-18-21-17-20(11-5-2)14-15-22(21)25-23/h5,9,13-15,17-19H,2,4,6-8,10-12,16H2,1,3H3. The molecule has 3 heteroatoms. The highest BCUT2D eigenvalue weighted by atomic mass is 16.5. The molecule has 0 saturated carbocycles. The topological polar surface area (TPSA) is 35.0 Å². The van der Waals surface area contributed by atoms with Gasteiger partial charge in [-0.3, -0.25) is 0 Å². The molecule has 140 valence electrons. The first-order chi connectivity index (χ1) is 12.7. The number of allylic oxidation sites excluding steroid dienone is 2. The molecule has 1 aromatic heterocycles. The monoisotopic (exact) mass is 352 g/mol. The predicted molar refractivity (Wildman–Crippen MR) is 111 cm³/mol. The average Bonchev–Trinajstić information content (AvgIpc) is 2.65. The summed E-state index contributed by atoms with van der Waals surface area (Å²) in [5, 5.41) is 1.08. The Kier molecular flexibility index (Phi) is 9.05. The van der Waals surface area contributed by atoms with Crippen molar-refractivity contribution in [1.82, 2.24) is 9.97 Å². The SMILES string of the molecule is C=CCc1ccc2nc(C=CCCCC(C)OCCCCC)ncc2c1. The van der Waals surface area contributed by atoms with Crippen LogP contribution in [0, 0.1) is 0 Å². The van der Waals surface area contributed by atoms with Crippen molar-refractivity contribution in [3.8, 4) is 0 Å². The molecule has 0 radical (unpaired) electrons. The van der Waals surface area contributed by atoms with Gasteiger partial charge in [-0.1, -0.05) is 38.0 Å². The van der Waals surface area contributed by atoms with Crippen LogP contribution in [0.15, 0.2) is 43.1 Å². The average molecular weight is 353 g/mol. The van der Waals surface area contributed by atoms with Crippen LogP contribution in [0.5, 0.6) is 0 Å². The number of ether oxygens (including phenoxy) is 1. The maximum absolute atomic E-state index is 5.83. The van der Waals surface area contributed by atoms with E-state index in [1.165, 1.54) is 24.8 Å². The van der Waals surface area contributed by atoms with Gasteiger partial charge in [0.25, 0.3) is 0 Å². The maximum Gasteiger partial charge on any atom is 0.152 e. The summed E-state index contributed by atoms with van der Waals surface area (Å²) >= 11 is 0. The summed E-state index contributed by atoms with van der Waals surface area (Å²) in [6, 6.07) is 6.30. The van der Waals surface area contributed by atoms with E-state index in [4.69, 9.17) is 4.74 Å². The molecule has 0 aliphatic heterocycles. The van der Waals surface area contributed by atoms with Gasteiger partial charge in [0.2, 0.25) is 0 Å². The Hall–Kier alpha value is -2.00. The molecule has 0 aliphatic carbocycles. The van der Waals surface area contributed by atoms with E-state index in [1.807, 2.05) is 18.3 Å². The first-order valence-corrected chi connectivity index (χ1v) is 9.87. The van der Waals surface area contributed by atoms with E-state index >= 15 is 0 Å². The number of rotatable bonds is 12. The van der Waals surface area contributed by atoms with Gasteiger partial charge in [0.1, 0.15) is 0 Å². The normalized spacial score (nSPS) is 12.7. The van der Waals surface area contributed by atoms with E-state index in [0.29, 0.717) is 6.10 Å². The summed E-state index contributed by atoms with van der Waals surface area (Å²) in [6.07, 6.45) is 16.2. The molecule has 0 amide bonds. The third-order valence-electron chi connectivity index (χ3n) is 4.44. The van der Waals surface area contributed by atoms with Gasteiger partial charge in [0.15, 0.2) is 5.82 Å². The third kappa shape index (κ3) is 7.09. The van der Waals surface area contributed by atoms with Gasteiger partial charge >= 0.3 is 0 Å². The van der Waals surface area contributed by atoms with Crippen LogP contribution in [0.4, 0.5) is 0 Å². The van der Waals surface area contributed by atoms with Crippen LogP contribution in [0.2, 0.25) is 0 Å². The number of benzene rings is 1. The first-order valence-electron chi connectivity index (χ1n) is 9.87. The molecule has 1 unspecified atom stereocenters. The number of nitrogens with zero attached hydrogens (tertiary/aromatic N) is 2. The largest absolute Gasteiger partial charge is 0.379 e. The molecule has 2 aromatic rings. The molecule has 0 bridgehead atoms. The van der Waals surface area contributed by atoms with Crippen molar-refractivity contribution in [3.05, 3.63) is 54.5 Å². The lowest BCUT2D eigenvalue weighted by molar-refractivity contribution is 0.0566. The fourth-order valence-corrected chi connectivity index (χ4v) is 2.90. The van der Waals surface area contributed by atoms with Crippen molar-refractivity contribution in [2.75, 3.05) is 6.61 Å². The van der Waals surface area contributed by atoms with Gasteiger partial charge in [-0.15, -0.1) is 6.58 Å². The van der Waals surface area contributed by atoms with Gasteiger partial charge in [0, 0.05) is 18.2 Å². The fraction of sp³-hybridized carbons (Fsp3) is 0.478. The molecule has 1 aromatic carbocycles. The van der Waals surface area contributed by atoms with Crippen LogP contribution in [-0.4, -0.2) is 22.7 Å². The van der Waals surface area contributed by atoms with Gasteiger partial charge in [0.05, 0.1) is 11.6 Å². The highest BCUT2D eigenvalue weighted by Gasteiger charge is 2.01. The molecule has 2 rings (SSSR count). The van der Waals surface area contributed by atoms with Crippen molar-refractivity contribution in [3.63, 3.8) is 0 Å². The van der Waals surface area contributed by atoms with Crippen LogP contribution >= 0.6 is 0 Å². The minimum absolute atomic E-state index is 0.349. The number of hydrogen-bond donors (Lipinski definition) is 0. The summed E-state index contributed by atoms with van der Waals surface area (Å²) < 4.78 is 5.83. The summed E-state index contributed by atoms with van der Waals surface area (Å²) in [6.45, 7) is 9.06. The van der Waals surface area contributed by atoms with Crippen LogP contribution in [0.1, 0.15) is 63.8 Å². The van der Waals surface area contributed by atoms with E-state index in [-0.39, 0.29) is 0 Å². The molecule has 26 heavy (non-hydrogen) atoms. The first kappa shape index (κ1) is 20.3. The Balaban J connectivity index is 1.75. The van der Waals surface area contributed by atoms with E-state index in [9.17, 15) is 0 Å². The third-order valence-corrected chi connectivity index (χ3v) is 4.44. The van der Waals surface area contributed by atoms with Crippen molar-refractivity contribution >= 4 is 17.0 Å². The molecule has 1 heterocycles. The number of aromatic nitrogens is 2. The molecule has 0 saturated heterocycles. The quantitative estimate of drug-likeness (QED) is 0.340. The molecule has 0 fully saturated rings. The summed E-state index contributed by atoms with van der Waals surface area (Å²) in [5.74, 6) is 0.776. The maximum atomic E-state index is 5.83. The molecule has 3 nitrogen and oxygen atoms in total. The Bertz CT molecular complexity index is 708. The van der Waals surface area contributed by atoms with E-state index in [2.05, 4.69) is 54.7 Å². The van der Waals surface area contributed by atoms with Gasteiger partial charge in [-0.05, 0) is 62.8 Å². The summed E-state index contributed by atoms with van der Waals surface area (Å²) in [4.78, 5) is 9.07. The molecule has 0 aliphatic rings. The van der Waals surface area contributed by atoms with E-state index in [1.54, 1.807) is 0 Å². The molecule has 0 spiro atoms. The highest BCUT2D eigenvalue weighted by molar-refractivity contribution is 5.79. The van der Waals surface area contributed by atoms with Crippen molar-refractivity contribution in [2.24, 2.45) is 0 Å². The Morgan fingerprint density at radius 3 is 2.92 bits per heavy atom. The molecule has 1 atom stereocenters. The Labute approximate surface area is 158 Å². The minimum Gasteiger partial charge on any atom is -0.379 e. The van der Waals surface area contributed by atoms with Crippen LogP contribution in [0.25, 0.3) is 17.0 Å². The lowest BCUT2D eigenvalue weighted by Crippen LogP contribution is -2.08. The van der Waals surface area contributed by atoms with Gasteiger partial charge in [-0.2, -0.15) is 0 Å². The fourth-order valence-electron chi connectivity index (χ4n) is 2.90. The summed E-state index contributed by atoms with van der Waals surface area (Å²) in [7, 11) is 0. The zero-order valence-electron chi connectivity index (χ0n) is 16.3. The van der Waals surface area contributed by atoms with Crippen LogP contribution < -0.4 is 0 Å². The number of unbranched alkanes of at least 4 members (excludes halogenated alkanes) is 3. The number of hydrogen-bond acceptors (Lipinski definition) is 3. The number of fused-ring (bicyclic) bond motifs is 1. The second kappa shape index (κ2) is 11.6. The Morgan fingerprint density at radius 2 is 2.12 bits per heavy atom. The van der Waals surface area contributed by atoms with Crippen molar-refractivity contribution in [2.45, 2.75) is 64.9 Å². The molecule has 0 N–H and O–H groups in total. The summed E-state index contributed by atoms with van der Waals surface area (Å²) in [5.41, 5.74) is 2.23. The minimum atomic E-state index is 0.349. The van der Waals surface area contributed by atoms with E-state index < -0.39 is 0 Å². The highest BCUT2D eigenvalue weighted by Crippen LogP contribution is 2.15. The second-order valence-electron chi connectivity index (χ2n) is 6.84. The van der Waals surface area contributed by atoms with Gasteiger partial charge < -0.3 is 4.74 Å².